The van der Waals surface area contributed by atoms with Crippen LogP contribution in [0.25, 0.3) is 0 Å². The second-order valence-electron chi connectivity index (χ2n) is 3.79. The van der Waals surface area contributed by atoms with Crippen LogP contribution >= 0.6 is 12.2 Å². The van der Waals surface area contributed by atoms with Crippen LogP contribution in [0, 0.1) is 0 Å². The number of aliphatic hydroxyl groups is 1. The molecule has 1 fully saturated rings. The van der Waals surface area contributed by atoms with Crippen LogP contribution in [0.5, 0.6) is 0 Å². The maximum absolute atomic E-state index is 10.3. The van der Waals surface area contributed by atoms with E-state index in [-0.39, 0.29) is 6.10 Å². The number of ether oxygens (including phenoxy) is 1. The molecule has 0 aromatic heterocycles. The SMILES string of the molecule is C[C@H]1OC(=S)N(c2ccccc2)[C@@]1(C)O. The van der Waals surface area contributed by atoms with Gasteiger partial charge in [-0.3, -0.25) is 4.90 Å². The van der Waals surface area contributed by atoms with E-state index in [4.69, 9.17) is 17.0 Å². The molecule has 2 atom stereocenters. The van der Waals surface area contributed by atoms with Gasteiger partial charge in [0.05, 0.1) is 0 Å². The number of benzene rings is 1. The molecule has 0 saturated carbocycles. The molecule has 2 rings (SSSR count). The quantitative estimate of drug-likeness (QED) is 0.737. The summed E-state index contributed by atoms with van der Waals surface area (Å²) in [5, 5.41) is 10.6. The molecule has 0 bridgehead atoms. The van der Waals surface area contributed by atoms with E-state index in [1.165, 1.54) is 0 Å². The molecule has 0 aliphatic carbocycles. The van der Waals surface area contributed by atoms with Crippen LogP contribution in [0.15, 0.2) is 30.3 Å². The van der Waals surface area contributed by atoms with Crippen molar-refractivity contribution in [2.45, 2.75) is 25.7 Å². The summed E-state index contributed by atoms with van der Waals surface area (Å²) in [6.45, 7) is 3.50. The van der Waals surface area contributed by atoms with Gasteiger partial charge in [-0.2, -0.15) is 0 Å². The highest BCUT2D eigenvalue weighted by atomic mass is 32.1. The summed E-state index contributed by atoms with van der Waals surface area (Å²) in [4.78, 5) is 1.63. The van der Waals surface area contributed by atoms with Crippen LogP contribution in [-0.4, -0.2) is 22.1 Å². The summed E-state index contributed by atoms with van der Waals surface area (Å²) in [7, 11) is 0. The topological polar surface area (TPSA) is 32.7 Å². The minimum atomic E-state index is -1.08. The molecule has 3 nitrogen and oxygen atoms in total. The van der Waals surface area contributed by atoms with E-state index in [1.807, 2.05) is 30.3 Å². The molecule has 0 unspecified atom stereocenters. The van der Waals surface area contributed by atoms with Gasteiger partial charge in [-0.1, -0.05) is 18.2 Å². The maximum Gasteiger partial charge on any atom is 0.266 e. The smallest absolute Gasteiger partial charge is 0.266 e. The summed E-state index contributed by atoms with van der Waals surface area (Å²) in [5.41, 5.74) is -0.241. The normalized spacial score (nSPS) is 30.5. The molecule has 1 aromatic carbocycles. The molecule has 1 aliphatic heterocycles. The fraction of sp³-hybridized carbons (Fsp3) is 0.364. The molecule has 1 saturated heterocycles. The van der Waals surface area contributed by atoms with E-state index in [0.29, 0.717) is 5.17 Å². The zero-order chi connectivity index (χ0) is 11.1. The number of para-hydroxylation sites is 1. The Balaban J connectivity index is 2.41. The van der Waals surface area contributed by atoms with E-state index >= 15 is 0 Å². The van der Waals surface area contributed by atoms with Crippen LogP contribution in [0.2, 0.25) is 0 Å². The number of hydrogen-bond acceptors (Lipinski definition) is 3. The van der Waals surface area contributed by atoms with Gasteiger partial charge in [-0.25, -0.2) is 0 Å². The third-order valence-corrected chi connectivity index (χ3v) is 2.98. The van der Waals surface area contributed by atoms with Gasteiger partial charge in [0.25, 0.3) is 5.17 Å². The van der Waals surface area contributed by atoms with E-state index in [1.54, 1.807) is 18.7 Å². The number of anilines is 1. The van der Waals surface area contributed by atoms with E-state index in [0.717, 1.165) is 5.69 Å². The minimum Gasteiger partial charge on any atom is -0.462 e. The first-order valence-corrected chi connectivity index (χ1v) is 5.22. The second kappa shape index (κ2) is 3.47. The molecule has 1 aliphatic rings. The van der Waals surface area contributed by atoms with Gasteiger partial charge in [-0.05, 0) is 38.2 Å². The Hall–Kier alpha value is -1.13. The first kappa shape index (κ1) is 10.4. The Kier molecular flexibility index (Phi) is 2.40. The summed E-state index contributed by atoms with van der Waals surface area (Å²) in [6.07, 6.45) is -0.329. The Bertz CT molecular complexity index is 377. The molecule has 0 radical (unpaired) electrons. The molecule has 1 N–H and O–H groups in total. The van der Waals surface area contributed by atoms with Gasteiger partial charge < -0.3 is 9.84 Å². The fourth-order valence-corrected chi connectivity index (χ4v) is 2.06. The zero-order valence-corrected chi connectivity index (χ0v) is 9.49. The van der Waals surface area contributed by atoms with Crippen LogP contribution < -0.4 is 4.90 Å². The largest absolute Gasteiger partial charge is 0.462 e. The zero-order valence-electron chi connectivity index (χ0n) is 8.68. The predicted molar refractivity (Wildman–Crippen MR) is 62.7 cm³/mol. The van der Waals surface area contributed by atoms with Crippen molar-refractivity contribution < 1.29 is 9.84 Å². The van der Waals surface area contributed by atoms with Gasteiger partial charge in [0.2, 0.25) is 0 Å². The Morgan fingerprint density at radius 3 is 2.47 bits per heavy atom. The molecule has 0 spiro atoms. The molecule has 1 aromatic rings. The van der Waals surface area contributed by atoms with E-state index in [9.17, 15) is 5.11 Å². The Morgan fingerprint density at radius 2 is 2.00 bits per heavy atom. The number of thiocarbonyl (C=S) groups is 1. The molecular weight excluding hydrogens is 210 g/mol. The monoisotopic (exact) mass is 223 g/mol. The van der Waals surface area contributed by atoms with Crippen LogP contribution in [0.3, 0.4) is 0 Å². The Labute approximate surface area is 94.3 Å². The lowest BCUT2D eigenvalue weighted by atomic mass is 10.1. The third kappa shape index (κ3) is 1.60. The van der Waals surface area contributed by atoms with Crippen LogP contribution in [0.4, 0.5) is 5.69 Å². The molecule has 80 valence electrons. The van der Waals surface area contributed by atoms with Crippen molar-refractivity contribution in [2.75, 3.05) is 4.90 Å². The predicted octanol–water partition coefficient (Wildman–Crippen LogP) is 1.91. The Morgan fingerprint density at radius 1 is 1.40 bits per heavy atom. The van der Waals surface area contributed by atoms with Crippen molar-refractivity contribution in [1.82, 2.24) is 0 Å². The standard InChI is InChI=1S/C11H13NO2S/c1-8-11(2,13)12(10(15)14-8)9-6-4-3-5-7-9/h3-8,13H,1-2H3/t8-,11+/m1/s1. The first-order valence-electron chi connectivity index (χ1n) is 4.82. The van der Waals surface area contributed by atoms with Crippen molar-refractivity contribution >= 4 is 23.1 Å². The van der Waals surface area contributed by atoms with Gasteiger partial charge in [0, 0.05) is 5.69 Å². The van der Waals surface area contributed by atoms with Crippen molar-refractivity contribution in [3.8, 4) is 0 Å². The van der Waals surface area contributed by atoms with Crippen molar-refractivity contribution in [3.63, 3.8) is 0 Å². The van der Waals surface area contributed by atoms with Crippen LogP contribution in [-0.2, 0) is 4.74 Å². The van der Waals surface area contributed by atoms with E-state index < -0.39 is 5.72 Å². The highest BCUT2D eigenvalue weighted by Crippen LogP contribution is 2.32. The maximum atomic E-state index is 10.3. The van der Waals surface area contributed by atoms with Crippen molar-refractivity contribution in [3.05, 3.63) is 30.3 Å². The number of hydrogen-bond donors (Lipinski definition) is 1. The lowest BCUT2D eigenvalue weighted by Crippen LogP contribution is -2.47. The van der Waals surface area contributed by atoms with Gasteiger partial charge in [0.1, 0.15) is 6.10 Å². The molecule has 4 heteroatoms. The minimum absolute atomic E-state index is 0.318. The van der Waals surface area contributed by atoms with Crippen molar-refractivity contribution in [1.29, 1.82) is 0 Å². The van der Waals surface area contributed by atoms with Gasteiger partial charge in [0.15, 0.2) is 5.72 Å². The molecule has 0 amide bonds. The van der Waals surface area contributed by atoms with Gasteiger partial charge in [-0.15, -0.1) is 0 Å². The third-order valence-electron chi connectivity index (χ3n) is 2.70. The summed E-state index contributed by atoms with van der Waals surface area (Å²) in [5.74, 6) is 0. The van der Waals surface area contributed by atoms with E-state index in [2.05, 4.69) is 0 Å². The average Bonchev–Trinajstić information content (AvgIpc) is 2.37. The second-order valence-corrected chi connectivity index (χ2v) is 4.14. The fourth-order valence-electron chi connectivity index (χ4n) is 1.63. The summed E-state index contributed by atoms with van der Waals surface area (Å²) < 4.78 is 5.35. The summed E-state index contributed by atoms with van der Waals surface area (Å²) in [6, 6.07) is 9.50. The molecule has 1 heterocycles. The summed E-state index contributed by atoms with van der Waals surface area (Å²) >= 11 is 5.09. The highest BCUT2D eigenvalue weighted by Gasteiger charge is 2.46. The number of nitrogens with zero attached hydrogens (tertiary/aromatic N) is 1. The highest BCUT2D eigenvalue weighted by molar-refractivity contribution is 7.80. The molecule has 15 heavy (non-hydrogen) atoms. The van der Waals surface area contributed by atoms with Gasteiger partial charge >= 0.3 is 0 Å². The lowest BCUT2D eigenvalue weighted by Gasteiger charge is -2.30. The van der Waals surface area contributed by atoms with Crippen molar-refractivity contribution in [2.24, 2.45) is 0 Å². The molecular formula is C11H13NO2S. The first-order chi connectivity index (χ1) is 7.03. The lowest BCUT2D eigenvalue weighted by molar-refractivity contribution is -0.000876. The van der Waals surface area contributed by atoms with Crippen LogP contribution in [0.1, 0.15) is 13.8 Å². The average molecular weight is 223 g/mol. The number of rotatable bonds is 1.